The minimum atomic E-state index is 0.348. The van der Waals surface area contributed by atoms with Crippen LogP contribution in [0, 0.1) is 6.92 Å². The van der Waals surface area contributed by atoms with Gasteiger partial charge in [-0.3, -0.25) is 4.99 Å². The molecule has 1 aromatic heterocycles. The molecule has 0 aliphatic rings. The van der Waals surface area contributed by atoms with E-state index in [1.807, 2.05) is 6.92 Å². The van der Waals surface area contributed by atoms with E-state index in [9.17, 15) is 0 Å². The second-order valence-electron chi connectivity index (χ2n) is 6.66. The van der Waals surface area contributed by atoms with Crippen LogP contribution >= 0.6 is 0 Å². The van der Waals surface area contributed by atoms with Crippen molar-refractivity contribution in [1.29, 1.82) is 0 Å². The summed E-state index contributed by atoms with van der Waals surface area (Å²) in [5.74, 6) is 2.40. The number of aliphatic imine (C=N–C) groups is 1. The fourth-order valence-corrected chi connectivity index (χ4v) is 3.10. The van der Waals surface area contributed by atoms with Gasteiger partial charge >= 0.3 is 0 Å². The van der Waals surface area contributed by atoms with Crippen molar-refractivity contribution in [1.82, 2.24) is 20.8 Å². The van der Waals surface area contributed by atoms with Crippen molar-refractivity contribution in [3.05, 3.63) is 83.5 Å². The number of aromatic nitrogens is 2. The van der Waals surface area contributed by atoms with Gasteiger partial charge in [-0.2, -0.15) is 4.98 Å². The second kappa shape index (κ2) is 10.3. The van der Waals surface area contributed by atoms with Crippen LogP contribution in [0.2, 0.25) is 0 Å². The topological polar surface area (TPSA) is 75.3 Å². The largest absolute Gasteiger partial charge is 0.356 e. The summed E-state index contributed by atoms with van der Waals surface area (Å²) in [6.07, 6.45) is 1.63. The summed E-state index contributed by atoms with van der Waals surface area (Å²) in [6.45, 7) is 3.28. The number of rotatable bonds is 8. The zero-order chi connectivity index (χ0) is 19.6. The van der Waals surface area contributed by atoms with Gasteiger partial charge in [0.25, 0.3) is 0 Å². The van der Waals surface area contributed by atoms with Crippen molar-refractivity contribution in [2.75, 3.05) is 20.1 Å². The third kappa shape index (κ3) is 5.94. The van der Waals surface area contributed by atoms with Crippen molar-refractivity contribution in [2.45, 2.75) is 25.7 Å². The molecule has 3 aromatic rings. The minimum absolute atomic E-state index is 0.348. The summed E-state index contributed by atoms with van der Waals surface area (Å²) >= 11 is 0. The van der Waals surface area contributed by atoms with Gasteiger partial charge in [0.05, 0.1) is 0 Å². The summed E-state index contributed by atoms with van der Waals surface area (Å²) < 4.78 is 5.14. The SMILES string of the molecule is CN=C(NCCc1nc(C)no1)NCC(Cc1ccccc1)c1ccccc1. The van der Waals surface area contributed by atoms with Crippen molar-refractivity contribution in [3.63, 3.8) is 0 Å². The lowest BCUT2D eigenvalue weighted by molar-refractivity contribution is 0.374. The van der Waals surface area contributed by atoms with Crippen LogP contribution < -0.4 is 10.6 Å². The van der Waals surface area contributed by atoms with Crippen LogP contribution in [0.4, 0.5) is 0 Å². The van der Waals surface area contributed by atoms with Crippen molar-refractivity contribution >= 4 is 5.96 Å². The van der Waals surface area contributed by atoms with E-state index in [-0.39, 0.29) is 0 Å². The Morgan fingerprint density at radius 1 is 1.04 bits per heavy atom. The first-order valence-electron chi connectivity index (χ1n) is 9.57. The first-order chi connectivity index (χ1) is 13.7. The quantitative estimate of drug-likeness (QED) is 0.466. The van der Waals surface area contributed by atoms with Gasteiger partial charge in [-0.1, -0.05) is 65.8 Å². The Hall–Kier alpha value is -3.15. The molecule has 0 bridgehead atoms. The van der Waals surface area contributed by atoms with E-state index in [0.29, 0.717) is 30.6 Å². The molecule has 1 heterocycles. The van der Waals surface area contributed by atoms with Crippen molar-refractivity contribution in [3.8, 4) is 0 Å². The van der Waals surface area contributed by atoms with Gasteiger partial charge in [-0.15, -0.1) is 0 Å². The lowest BCUT2D eigenvalue weighted by Crippen LogP contribution is -2.40. The van der Waals surface area contributed by atoms with Crippen LogP contribution in [-0.2, 0) is 12.8 Å². The molecule has 2 N–H and O–H groups in total. The number of hydrogen-bond acceptors (Lipinski definition) is 4. The third-order valence-electron chi connectivity index (χ3n) is 4.54. The number of hydrogen-bond donors (Lipinski definition) is 2. The number of guanidine groups is 1. The number of benzene rings is 2. The average Bonchev–Trinajstić information content (AvgIpc) is 3.16. The summed E-state index contributed by atoms with van der Waals surface area (Å²) in [5.41, 5.74) is 2.64. The minimum Gasteiger partial charge on any atom is -0.356 e. The molecule has 0 aliphatic carbocycles. The highest BCUT2D eigenvalue weighted by molar-refractivity contribution is 5.79. The highest BCUT2D eigenvalue weighted by atomic mass is 16.5. The molecule has 3 rings (SSSR count). The zero-order valence-corrected chi connectivity index (χ0v) is 16.4. The zero-order valence-electron chi connectivity index (χ0n) is 16.4. The molecule has 0 amide bonds. The predicted octanol–water partition coefficient (Wildman–Crippen LogP) is 3.11. The molecule has 0 spiro atoms. The number of aryl methyl sites for hydroxylation is 1. The molecule has 1 atom stereocenters. The molecule has 1 unspecified atom stereocenters. The average molecular weight is 377 g/mol. The van der Waals surface area contributed by atoms with Crippen LogP contribution in [-0.4, -0.2) is 36.2 Å². The second-order valence-corrected chi connectivity index (χ2v) is 6.66. The molecule has 0 saturated carbocycles. The normalized spacial score (nSPS) is 12.6. The van der Waals surface area contributed by atoms with E-state index >= 15 is 0 Å². The standard InChI is InChI=1S/C22H27N5O/c1-17-26-21(28-27-17)13-14-24-22(23-2)25-16-20(19-11-7-4-8-12-19)15-18-9-5-3-6-10-18/h3-12,20H,13-16H2,1-2H3,(H2,23,24,25). The maximum absolute atomic E-state index is 5.14. The molecule has 0 fully saturated rings. The van der Waals surface area contributed by atoms with Gasteiger partial charge < -0.3 is 15.2 Å². The molecule has 0 saturated heterocycles. The van der Waals surface area contributed by atoms with Gasteiger partial charge in [0, 0.05) is 32.5 Å². The van der Waals surface area contributed by atoms with Crippen molar-refractivity contribution < 1.29 is 4.52 Å². The Balaban J connectivity index is 1.56. The highest BCUT2D eigenvalue weighted by Crippen LogP contribution is 2.20. The molecular formula is C22H27N5O. The summed E-state index contributed by atoms with van der Waals surface area (Å²) in [6, 6.07) is 21.2. The molecule has 146 valence electrons. The van der Waals surface area contributed by atoms with Crippen molar-refractivity contribution in [2.24, 2.45) is 4.99 Å². The summed E-state index contributed by atoms with van der Waals surface area (Å²) in [4.78, 5) is 8.54. The lowest BCUT2D eigenvalue weighted by Gasteiger charge is -2.20. The monoisotopic (exact) mass is 377 g/mol. The number of nitrogens with one attached hydrogen (secondary N) is 2. The van der Waals surface area contributed by atoms with Gasteiger partial charge in [-0.25, -0.2) is 0 Å². The van der Waals surface area contributed by atoms with E-state index in [1.165, 1.54) is 11.1 Å². The Bertz CT molecular complexity index is 861. The molecule has 6 heteroatoms. The number of nitrogens with zero attached hydrogens (tertiary/aromatic N) is 3. The Kier molecular flexibility index (Phi) is 7.18. The Labute approximate surface area is 166 Å². The third-order valence-corrected chi connectivity index (χ3v) is 4.54. The van der Waals surface area contributed by atoms with Gasteiger partial charge in [0.15, 0.2) is 11.8 Å². The van der Waals surface area contributed by atoms with Crippen LogP contribution in [0.3, 0.4) is 0 Å². The maximum Gasteiger partial charge on any atom is 0.228 e. The first-order valence-corrected chi connectivity index (χ1v) is 9.57. The van der Waals surface area contributed by atoms with Gasteiger partial charge in [-0.05, 0) is 24.5 Å². The molecular weight excluding hydrogens is 350 g/mol. The predicted molar refractivity (Wildman–Crippen MR) is 111 cm³/mol. The van der Waals surface area contributed by atoms with Crippen LogP contribution in [0.1, 0.15) is 28.8 Å². The molecule has 0 radical (unpaired) electrons. The van der Waals surface area contributed by atoms with Gasteiger partial charge in [0.1, 0.15) is 0 Å². The van der Waals surface area contributed by atoms with Gasteiger partial charge in [0.2, 0.25) is 5.89 Å². The maximum atomic E-state index is 5.14. The highest BCUT2D eigenvalue weighted by Gasteiger charge is 2.13. The molecule has 6 nitrogen and oxygen atoms in total. The van der Waals surface area contributed by atoms with Crippen LogP contribution in [0.15, 0.2) is 70.2 Å². The first kappa shape index (κ1) is 19.6. The van der Waals surface area contributed by atoms with E-state index < -0.39 is 0 Å². The fourth-order valence-electron chi connectivity index (χ4n) is 3.10. The molecule has 0 aliphatic heterocycles. The van der Waals surface area contributed by atoms with Crippen LogP contribution in [0.5, 0.6) is 0 Å². The summed E-state index contributed by atoms with van der Waals surface area (Å²) in [5, 5.41) is 10.6. The lowest BCUT2D eigenvalue weighted by atomic mass is 9.92. The van der Waals surface area contributed by atoms with E-state index in [4.69, 9.17) is 4.52 Å². The van der Waals surface area contributed by atoms with E-state index in [2.05, 4.69) is 86.4 Å². The Morgan fingerprint density at radius 2 is 1.75 bits per heavy atom. The van der Waals surface area contributed by atoms with E-state index in [0.717, 1.165) is 18.9 Å². The Morgan fingerprint density at radius 3 is 2.39 bits per heavy atom. The molecule has 2 aromatic carbocycles. The fraction of sp³-hybridized carbons (Fsp3) is 0.318. The smallest absolute Gasteiger partial charge is 0.228 e. The summed E-state index contributed by atoms with van der Waals surface area (Å²) in [7, 11) is 1.78. The molecule has 28 heavy (non-hydrogen) atoms. The van der Waals surface area contributed by atoms with E-state index in [1.54, 1.807) is 7.05 Å². The van der Waals surface area contributed by atoms with Crippen LogP contribution in [0.25, 0.3) is 0 Å².